The first kappa shape index (κ1) is 19.4. The minimum atomic E-state index is -0.252. The van der Waals surface area contributed by atoms with E-state index < -0.39 is 0 Å². The van der Waals surface area contributed by atoms with Crippen LogP contribution < -0.4 is 15.5 Å². The molecule has 0 aliphatic carbocycles. The molecule has 142 valence electrons. The Morgan fingerprint density at radius 3 is 2.11 bits per heavy atom. The van der Waals surface area contributed by atoms with Crippen molar-refractivity contribution in [2.45, 2.75) is 6.54 Å². The molecule has 1 amide bonds. The Labute approximate surface area is 169 Å². The minimum Gasteiger partial charge on any atom is -0.457 e. The van der Waals surface area contributed by atoms with Crippen molar-refractivity contribution in [1.82, 2.24) is 15.8 Å². The molecule has 3 aromatic rings. The average Bonchev–Trinajstić information content (AvgIpc) is 2.74. The predicted molar refractivity (Wildman–Crippen MR) is 114 cm³/mol. The van der Waals surface area contributed by atoms with Crippen LogP contribution in [0.25, 0.3) is 0 Å². The Morgan fingerprint density at radius 2 is 1.46 bits per heavy atom. The highest BCUT2D eigenvalue weighted by atomic mass is 32.1. The fraction of sp³-hybridized carbons (Fsp3) is 0.0909. The molecule has 3 aromatic carbocycles. The van der Waals surface area contributed by atoms with Gasteiger partial charge in [-0.2, -0.15) is 0 Å². The molecule has 0 saturated heterocycles. The highest BCUT2D eigenvalue weighted by Crippen LogP contribution is 2.21. The van der Waals surface area contributed by atoms with Crippen LogP contribution in [0.2, 0.25) is 0 Å². The lowest BCUT2D eigenvalue weighted by Gasteiger charge is -2.21. The summed E-state index contributed by atoms with van der Waals surface area (Å²) in [4.78, 5) is 12.4. The van der Waals surface area contributed by atoms with E-state index in [-0.39, 0.29) is 5.91 Å². The average molecular weight is 391 g/mol. The first-order chi connectivity index (χ1) is 13.6. The second kappa shape index (κ2) is 9.53. The smallest absolute Gasteiger partial charge is 0.269 e. The van der Waals surface area contributed by atoms with Gasteiger partial charge in [0.05, 0.1) is 0 Å². The molecule has 6 heteroatoms. The predicted octanol–water partition coefficient (Wildman–Crippen LogP) is 4.13. The zero-order valence-electron chi connectivity index (χ0n) is 15.5. The van der Waals surface area contributed by atoms with Crippen molar-refractivity contribution in [3.05, 3.63) is 96.1 Å². The van der Waals surface area contributed by atoms with E-state index in [0.717, 1.165) is 11.3 Å². The minimum absolute atomic E-state index is 0.252. The SMILES string of the molecule is CN(NC(=O)c1ccc(Oc2ccccc2)cc1)C(=S)NCc1ccccc1. The number of benzene rings is 3. The van der Waals surface area contributed by atoms with Gasteiger partial charge in [-0.3, -0.25) is 15.2 Å². The third kappa shape index (κ3) is 5.56. The number of hydrazine groups is 1. The summed E-state index contributed by atoms with van der Waals surface area (Å²) in [7, 11) is 1.70. The molecule has 28 heavy (non-hydrogen) atoms. The van der Waals surface area contributed by atoms with E-state index in [1.54, 1.807) is 31.3 Å². The van der Waals surface area contributed by atoms with Gasteiger partial charge in [0.15, 0.2) is 5.11 Å². The van der Waals surface area contributed by atoms with Gasteiger partial charge in [0.2, 0.25) is 0 Å². The lowest BCUT2D eigenvalue weighted by atomic mass is 10.2. The summed E-state index contributed by atoms with van der Waals surface area (Å²) >= 11 is 5.32. The number of hydrogen-bond acceptors (Lipinski definition) is 3. The molecule has 0 aromatic heterocycles. The summed E-state index contributed by atoms with van der Waals surface area (Å²) in [6.07, 6.45) is 0. The number of ether oxygens (including phenoxy) is 1. The van der Waals surface area contributed by atoms with Crippen molar-refractivity contribution in [3.8, 4) is 11.5 Å². The number of amides is 1. The van der Waals surface area contributed by atoms with Gasteiger partial charge in [0.25, 0.3) is 5.91 Å². The molecule has 5 nitrogen and oxygen atoms in total. The molecule has 0 radical (unpaired) electrons. The molecule has 2 N–H and O–H groups in total. The van der Waals surface area contributed by atoms with Crippen molar-refractivity contribution in [2.75, 3.05) is 7.05 Å². The molecule has 0 spiro atoms. The number of thiocarbonyl (C=S) groups is 1. The fourth-order valence-electron chi connectivity index (χ4n) is 2.46. The van der Waals surface area contributed by atoms with Crippen LogP contribution in [0.1, 0.15) is 15.9 Å². The number of para-hydroxylation sites is 1. The quantitative estimate of drug-likeness (QED) is 0.506. The molecule has 0 bridgehead atoms. The van der Waals surface area contributed by atoms with Crippen molar-refractivity contribution in [3.63, 3.8) is 0 Å². The molecule has 0 fully saturated rings. The van der Waals surface area contributed by atoms with E-state index in [0.29, 0.717) is 23.0 Å². The fourth-order valence-corrected chi connectivity index (χ4v) is 2.58. The Morgan fingerprint density at radius 1 is 0.893 bits per heavy atom. The van der Waals surface area contributed by atoms with Crippen molar-refractivity contribution in [1.29, 1.82) is 0 Å². The molecule has 0 heterocycles. The van der Waals surface area contributed by atoms with Crippen molar-refractivity contribution in [2.24, 2.45) is 0 Å². The number of nitrogens with one attached hydrogen (secondary N) is 2. The normalized spacial score (nSPS) is 10.0. The van der Waals surface area contributed by atoms with Crippen LogP contribution >= 0.6 is 12.2 Å². The molecule has 0 atom stereocenters. The van der Waals surface area contributed by atoms with E-state index in [4.69, 9.17) is 17.0 Å². The summed E-state index contributed by atoms with van der Waals surface area (Å²) in [6.45, 7) is 0.589. The van der Waals surface area contributed by atoms with E-state index in [1.807, 2.05) is 60.7 Å². The van der Waals surface area contributed by atoms with Crippen LogP contribution in [0.3, 0.4) is 0 Å². The topological polar surface area (TPSA) is 53.6 Å². The Balaban J connectivity index is 1.51. The van der Waals surface area contributed by atoms with E-state index in [2.05, 4.69) is 10.7 Å². The number of hydrogen-bond donors (Lipinski definition) is 2. The van der Waals surface area contributed by atoms with E-state index in [9.17, 15) is 4.79 Å². The number of rotatable bonds is 5. The van der Waals surface area contributed by atoms with Crippen LogP contribution in [0.5, 0.6) is 11.5 Å². The van der Waals surface area contributed by atoms with Crippen LogP contribution in [0, 0.1) is 0 Å². The zero-order chi connectivity index (χ0) is 19.8. The first-order valence-corrected chi connectivity index (χ1v) is 9.22. The lowest BCUT2D eigenvalue weighted by Crippen LogP contribution is -2.47. The second-order valence-corrected chi connectivity index (χ2v) is 6.47. The molecule has 0 saturated carbocycles. The number of carbonyl (C=O) groups excluding carboxylic acids is 1. The first-order valence-electron chi connectivity index (χ1n) is 8.81. The Hall–Kier alpha value is -3.38. The van der Waals surface area contributed by atoms with Crippen molar-refractivity contribution >= 4 is 23.2 Å². The summed E-state index contributed by atoms with van der Waals surface area (Å²) in [5.74, 6) is 1.16. The van der Waals surface area contributed by atoms with E-state index in [1.165, 1.54) is 5.01 Å². The maximum absolute atomic E-state index is 12.4. The lowest BCUT2D eigenvalue weighted by molar-refractivity contribution is 0.0886. The van der Waals surface area contributed by atoms with Crippen LogP contribution in [0.15, 0.2) is 84.9 Å². The Kier molecular flexibility index (Phi) is 6.59. The third-order valence-electron chi connectivity index (χ3n) is 3.96. The highest BCUT2D eigenvalue weighted by Gasteiger charge is 2.11. The van der Waals surface area contributed by atoms with Crippen LogP contribution in [-0.2, 0) is 6.54 Å². The van der Waals surface area contributed by atoms with Gasteiger partial charge in [-0.05, 0) is 54.2 Å². The van der Waals surface area contributed by atoms with E-state index >= 15 is 0 Å². The standard InChI is InChI=1S/C22H21N3O2S/c1-25(22(28)23-16-17-8-4-2-5-9-17)24-21(26)18-12-14-20(15-13-18)27-19-10-6-3-7-11-19/h2-15H,16H2,1H3,(H,23,28)(H,24,26). The van der Waals surface area contributed by atoms with Gasteiger partial charge in [-0.15, -0.1) is 0 Å². The molecule has 0 aliphatic rings. The molecule has 0 unspecified atom stereocenters. The second-order valence-electron chi connectivity index (χ2n) is 6.08. The zero-order valence-corrected chi connectivity index (χ0v) is 16.3. The summed E-state index contributed by atoms with van der Waals surface area (Å²) < 4.78 is 5.73. The summed E-state index contributed by atoms with van der Waals surface area (Å²) in [5.41, 5.74) is 4.37. The number of carbonyl (C=O) groups is 1. The maximum Gasteiger partial charge on any atom is 0.269 e. The van der Waals surface area contributed by atoms with Gasteiger partial charge < -0.3 is 10.1 Å². The molecular weight excluding hydrogens is 370 g/mol. The summed E-state index contributed by atoms with van der Waals surface area (Å²) in [5, 5.41) is 5.04. The van der Waals surface area contributed by atoms with Crippen LogP contribution in [0.4, 0.5) is 0 Å². The van der Waals surface area contributed by atoms with Crippen molar-refractivity contribution < 1.29 is 9.53 Å². The molecule has 0 aliphatic heterocycles. The van der Waals surface area contributed by atoms with Gasteiger partial charge in [-0.1, -0.05) is 48.5 Å². The summed E-state index contributed by atoms with van der Waals surface area (Å²) in [6, 6.07) is 26.3. The van der Waals surface area contributed by atoms with Gasteiger partial charge in [0.1, 0.15) is 11.5 Å². The Bertz CT molecular complexity index is 916. The number of nitrogens with zero attached hydrogens (tertiary/aromatic N) is 1. The molecule has 3 rings (SSSR count). The highest BCUT2D eigenvalue weighted by molar-refractivity contribution is 7.80. The van der Waals surface area contributed by atoms with Gasteiger partial charge in [0, 0.05) is 19.2 Å². The third-order valence-corrected chi connectivity index (χ3v) is 4.37. The van der Waals surface area contributed by atoms with Gasteiger partial charge >= 0.3 is 0 Å². The van der Waals surface area contributed by atoms with Crippen LogP contribution in [-0.4, -0.2) is 23.1 Å². The monoisotopic (exact) mass is 391 g/mol. The maximum atomic E-state index is 12.4. The van der Waals surface area contributed by atoms with Gasteiger partial charge in [-0.25, -0.2) is 0 Å². The largest absolute Gasteiger partial charge is 0.457 e. The molecular formula is C22H21N3O2S.